The van der Waals surface area contributed by atoms with Gasteiger partial charge in [0.15, 0.2) is 0 Å². The fourth-order valence-electron chi connectivity index (χ4n) is 1.75. The monoisotopic (exact) mass is 264 g/mol. The molecule has 1 N–H and O–H groups in total. The van der Waals surface area contributed by atoms with Crippen molar-refractivity contribution in [2.24, 2.45) is 0 Å². The Hall–Kier alpha value is -1.74. The standard InChI is InChI=1S/C14H14ClFN2/c1-17-11-4-3-5-12(9-11)18(2)14-8-10(15)6-7-13(14)16/h3-9,17H,1-2H3. The maximum Gasteiger partial charge on any atom is 0.146 e. The summed E-state index contributed by atoms with van der Waals surface area (Å²) in [7, 11) is 3.66. The van der Waals surface area contributed by atoms with E-state index in [1.54, 1.807) is 11.0 Å². The highest BCUT2D eigenvalue weighted by Crippen LogP contribution is 2.29. The molecule has 0 radical (unpaired) electrons. The third-order valence-electron chi connectivity index (χ3n) is 2.79. The molecule has 0 aliphatic carbocycles. The van der Waals surface area contributed by atoms with Crippen molar-refractivity contribution in [2.75, 3.05) is 24.3 Å². The van der Waals surface area contributed by atoms with Gasteiger partial charge in [-0.05, 0) is 36.4 Å². The zero-order valence-electron chi connectivity index (χ0n) is 10.2. The number of benzene rings is 2. The highest BCUT2D eigenvalue weighted by molar-refractivity contribution is 6.30. The summed E-state index contributed by atoms with van der Waals surface area (Å²) < 4.78 is 13.8. The molecule has 0 atom stereocenters. The highest BCUT2D eigenvalue weighted by Gasteiger charge is 2.10. The smallest absolute Gasteiger partial charge is 0.146 e. The van der Waals surface area contributed by atoms with Gasteiger partial charge in [0.25, 0.3) is 0 Å². The number of nitrogens with one attached hydrogen (secondary N) is 1. The molecule has 0 unspecified atom stereocenters. The molecule has 2 nitrogen and oxygen atoms in total. The van der Waals surface area contributed by atoms with Crippen molar-refractivity contribution in [3.63, 3.8) is 0 Å². The molecule has 0 bridgehead atoms. The average Bonchev–Trinajstić information content (AvgIpc) is 2.41. The van der Waals surface area contributed by atoms with Gasteiger partial charge in [0, 0.05) is 30.5 Å². The molecule has 0 aliphatic rings. The van der Waals surface area contributed by atoms with Crippen LogP contribution in [-0.2, 0) is 0 Å². The van der Waals surface area contributed by atoms with E-state index in [-0.39, 0.29) is 5.82 Å². The number of anilines is 3. The molecular weight excluding hydrogens is 251 g/mol. The average molecular weight is 265 g/mol. The summed E-state index contributed by atoms with van der Waals surface area (Å²) in [6, 6.07) is 12.3. The molecule has 0 heterocycles. The first-order chi connectivity index (χ1) is 8.61. The van der Waals surface area contributed by atoms with E-state index in [1.165, 1.54) is 12.1 Å². The second kappa shape index (κ2) is 5.27. The lowest BCUT2D eigenvalue weighted by Gasteiger charge is -2.21. The van der Waals surface area contributed by atoms with Gasteiger partial charge in [0.1, 0.15) is 5.82 Å². The zero-order chi connectivity index (χ0) is 13.1. The van der Waals surface area contributed by atoms with Crippen molar-refractivity contribution in [2.45, 2.75) is 0 Å². The van der Waals surface area contributed by atoms with E-state index in [0.29, 0.717) is 10.7 Å². The van der Waals surface area contributed by atoms with Gasteiger partial charge >= 0.3 is 0 Å². The number of hydrogen-bond acceptors (Lipinski definition) is 2. The summed E-state index contributed by atoms with van der Waals surface area (Å²) >= 11 is 5.90. The van der Waals surface area contributed by atoms with Crippen LogP contribution in [-0.4, -0.2) is 14.1 Å². The summed E-state index contributed by atoms with van der Waals surface area (Å²) in [5.41, 5.74) is 2.32. The molecule has 0 spiro atoms. The van der Waals surface area contributed by atoms with Gasteiger partial charge in [-0.2, -0.15) is 0 Å². The molecule has 94 valence electrons. The van der Waals surface area contributed by atoms with Crippen LogP contribution in [0.4, 0.5) is 21.5 Å². The quantitative estimate of drug-likeness (QED) is 0.890. The van der Waals surface area contributed by atoms with Crippen LogP contribution in [0.15, 0.2) is 42.5 Å². The Morgan fingerprint density at radius 3 is 2.67 bits per heavy atom. The van der Waals surface area contributed by atoms with E-state index in [9.17, 15) is 4.39 Å². The van der Waals surface area contributed by atoms with Gasteiger partial charge in [-0.25, -0.2) is 4.39 Å². The lowest BCUT2D eigenvalue weighted by atomic mass is 10.2. The lowest BCUT2D eigenvalue weighted by Crippen LogP contribution is -2.11. The first kappa shape index (κ1) is 12.7. The van der Waals surface area contributed by atoms with Crippen LogP contribution < -0.4 is 10.2 Å². The molecular formula is C14H14ClFN2. The van der Waals surface area contributed by atoms with E-state index in [2.05, 4.69) is 5.32 Å². The molecule has 0 fully saturated rings. The largest absolute Gasteiger partial charge is 0.388 e. The first-order valence-electron chi connectivity index (χ1n) is 5.58. The number of nitrogens with zero attached hydrogens (tertiary/aromatic N) is 1. The third kappa shape index (κ3) is 2.57. The minimum Gasteiger partial charge on any atom is -0.388 e. The Morgan fingerprint density at radius 1 is 1.17 bits per heavy atom. The van der Waals surface area contributed by atoms with E-state index in [1.807, 2.05) is 38.4 Å². The molecule has 4 heteroatoms. The Labute approximate surface area is 111 Å². The Morgan fingerprint density at radius 2 is 1.94 bits per heavy atom. The van der Waals surface area contributed by atoms with Crippen LogP contribution >= 0.6 is 11.6 Å². The summed E-state index contributed by atoms with van der Waals surface area (Å²) in [5.74, 6) is -0.295. The van der Waals surface area contributed by atoms with Gasteiger partial charge in [-0.1, -0.05) is 17.7 Å². The molecule has 0 saturated carbocycles. The van der Waals surface area contributed by atoms with E-state index >= 15 is 0 Å². The minimum absolute atomic E-state index is 0.295. The third-order valence-corrected chi connectivity index (χ3v) is 3.03. The van der Waals surface area contributed by atoms with Crippen molar-refractivity contribution in [3.8, 4) is 0 Å². The van der Waals surface area contributed by atoms with Crippen LogP contribution in [0.5, 0.6) is 0 Å². The Balaban J connectivity index is 2.40. The fourth-order valence-corrected chi connectivity index (χ4v) is 1.92. The normalized spacial score (nSPS) is 10.2. The van der Waals surface area contributed by atoms with Crippen molar-refractivity contribution in [1.29, 1.82) is 0 Å². The van der Waals surface area contributed by atoms with Gasteiger partial charge in [-0.3, -0.25) is 0 Å². The van der Waals surface area contributed by atoms with Crippen LogP contribution in [0.1, 0.15) is 0 Å². The summed E-state index contributed by atoms with van der Waals surface area (Å²) in [6.45, 7) is 0. The van der Waals surface area contributed by atoms with Crippen LogP contribution in [0.3, 0.4) is 0 Å². The van der Waals surface area contributed by atoms with Gasteiger partial charge in [0.2, 0.25) is 0 Å². The summed E-state index contributed by atoms with van der Waals surface area (Å²) in [6.07, 6.45) is 0. The topological polar surface area (TPSA) is 15.3 Å². The van der Waals surface area contributed by atoms with Crippen molar-refractivity contribution in [3.05, 3.63) is 53.3 Å². The Bertz CT molecular complexity index is 557. The predicted molar refractivity (Wildman–Crippen MR) is 75.5 cm³/mol. The molecule has 2 rings (SSSR count). The molecule has 0 aromatic heterocycles. The molecule has 2 aromatic rings. The fraction of sp³-hybridized carbons (Fsp3) is 0.143. The molecule has 2 aromatic carbocycles. The summed E-state index contributed by atoms with van der Waals surface area (Å²) in [4.78, 5) is 1.77. The summed E-state index contributed by atoms with van der Waals surface area (Å²) in [5, 5.41) is 3.57. The van der Waals surface area contributed by atoms with E-state index in [0.717, 1.165) is 11.4 Å². The highest BCUT2D eigenvalue weighted by atomic mass is 35.5. The minimum atomic E-state index is -0.295. The zero-order valence-corrected chi connectivity index (χ0v) is 11.0. The maximum atomic E-state index is 13.8. The number of rotatable bonds is 3. The lowest BCUT2D eigenvalue weighted by molar-refractivity contribution is 0.627. The van der Waals surface area contributed by atoms with E-state index in [4.69, 9.17) is 11.6 Å². The van der Waals surface area contributed by atoms with Crippen molar-refractivity contribution in [1.82, 2.24) is 0 Å². The number of hydrogen-bond donors (Lipinski definition) is 1. The molecule has 0 saturated heterocycles. The van der Waals surface area contributed by atoms with Crippen LogP contribution in [0.25, 0.3) is 0 Å². The molecule has 0 amide bonds. The van der Waals surface area contributed by atoms with Gasteiger partial charge in [-0.15, -0.1) is 0 Å². The van der Waals surface area contributed by atoms with Gasteiger partial charge < -0.3 is 10.2 Å². The number of halogens is 2. The predicted octanol–water partition coefficient (Wildman–Crippen LogP) is 4.29. The van der Waals surface area contributed by atoms with Crippen LogP contribution in [0, 0.1) is 5.82 Å². The second-order valence-corrected chi connectivity index (χ2v) is 4.39. The maximum absolute atomic E-state index is 13.8. The molecule has 18 heavy (non-hydrogen) atoms. The Kier molecular flexibility index (Phi) is 3.72. The van der Waals surface area contributed by atoms with E-state index < -0.39 is 0 Å². The first-order valence-corrected chi connectivity index (χ1v) is 5.96. The second-order valence-electron chi connectivity index (χ2n) is 3.96. The van der Waals surface area contributed by atoms with Crippen LogP contribution in [0.2, 0.25) is 5.02 Å². The van der Waals surface area contributed by atoms with Crippen molar-refractivity contribution < 1.29 is 4.39 Å². The van der Waals surface area contributed by atoms with Gasteiger partial charge in [0.05, 0.1) is 5.69 Å². The molecule has 0 aliphatic heterocycles. The SMILES string of the molecule is CNc1cccc(N(C)c2cc(Cl)ccc2F)c1. The van der Waals surface area contributed by atoms with Crippen molar-refractivity contribution >= 4 is 28.7 Å².